The maximum atomic E-state index is 14.1. The first-order valence-electron chi connectivity index (χ1n) is 9.17. The smallest absolute Gasteiger partial charge is 0.265 e. The van der Waals surface area contributed by atoms with E-state index in [9.17, 15) is 9.18 Å². The average molecular weight is 409 g/mol. The molecule has 0 spiro atoms. The van der Waals surface area contributed by atoms with Crippen LogP contribution in [-0.4, -0.2) is 23.4 Å². The molecule has 148 valence electrons. The van der Waals surface area contributed by atoms with Crippen LogP contribution < -0.4 is 10.1 Å². The summed E-state index contributed by atoms with van der Waals surface area (Å²) in [5.41, 5.74) is 5.13. The van der Waals surface area contributed by atoms with Crippen LogP contribution in [0.3, 0.4) is 0 Å². The first-order chi connectivity index (χ1) is 13.8. The Kier molecular flexibility index (Phi) is 4.70. The number of hydrogen-bond acceptors (Lipinski definition) is 5. The van der Waals surface area contributed by atoms with Gasteiger partial charge in [-0.15, -0.1) is 16.4 Å². The second-order valence-electron chi connectivity index (χ2n) is 7.12. The standard InChI is InChI=1S/C22H20FN3O2S/c1-6-18-19(12(4)23)11(3)21(29-18)20-15-9-17-16(24-22(27)13(5)28-17)8-14(15)7-10(2)25-26-20/h6,8-9,13H,1,4,7H2,2-3,5H3,(H,24,27). The van der Waals surface area contributed by atoms with Gasteiger partial charge in [-0.1, -0.05) is 19.2 Å². The molecule has 1 amide bonds. The van der Waals surface area contributed by atoms with Crippen LogP contribution in [0.2, 0.25) is 0 Å². The summed E-state index contributed by atoms with van der Waals surface area (Å²) in [4.78, 5) is 13.5. The Balaban J connectivity index is 1.93. The molecule has 7 heteroatoms. The van der Waals surface area contributed by atoms with E-state index in [0.717, 1.165) is 27.3 Å². The molecule has 1 unspecified atom stereocenters. The van der Waals surface area contributed by atoms with E-state index in [2.05, 4.69) is 28.7 Å². The molecule has 1 aromatic carbocycles. The Morgan fingerprint density at radius 3 is 2.79 bits per heavy atom. The lowest BCUT2D eigenvalue weighted by atomic mass is 9.94. The Morgan fingerprint density at radius 1 is 1.38 bits per heavy atom. The summed E-state index contributed by atoms with van der Waals surface area (Å²) in [6, 6.07) is 3.78. The van der Waals surface area contributed by atoms with Crippen molar-refractivity contribution in [3.05, 3.63) is 57.3 Å². The highest BCUT2D eigenvalue weighted by molar-refractivity contribution is 7.15. The van der Waals surface area contributed by atoms with E-state index >= 15 is 0 Å². The number of anilines is 1. The minimum atomic E-state index is -0.581. The van der Waals surface area contributed by atoms with Gasteiger partial charge >= 0.3 is 0 Å². The van der Waals surface area contributed by atoms with Gasteiger partial charge in [-0.25, -0.2) is 4.39 Å². The molecule has 2 aliphatic rings. The summed E-state index contributed by atoms with van der Waals surface area (Å²) < 4.78 is 19.9. The normalized spacial score (nSPS) is 17.8. The van der Waals surface area contributed by atoms with Crippen LogP contribution in [-0.2, 0) is 11.2 Å². The molecule has 0 fully saturated rings. The molecule has 2 aromatic rings. The fourth-order valence-corrected chi connectivity index (χ4v) is 4.75. The van der Waals surface area contributed by atoms with Gasteiger partial charge in [-0.05, 0) is 44.0 Å². The van der Waals surface area contributed by atoms with Crippen LogP contribution in [0, 0.1) is 6.92 Å². The lowest BCUT2D eigenvalue weighted by Gasteiger charge is -2.25. The highest BCUT2D eigenvalue weighted by atomic mass is 32.1. The molecule has 1 aromatic heterocycles. The first kappa shape index (κ1) is 19.3. The summed E-state index contributed by atoms with van der Waals surface area (Å²) in [7, 11) is 0. The molecule has 0 radical (unpaired) electrons. The maximum absolute atomic E-state index is 14.1. The molecule has 1 N–H and O–H groups in total. The van der Waals surface area contributed by atoms with E-state index in [1.165, 1.54) is 11.3 Å². The SMILES string of the molecule is C=Cc1sc(C2=NN=C(C)Cc3cc4c(cc32)OC(C)C(=O)N4)c(C)c1C(=C)F. The van der Waals surface area contributed by atoms with Crippen LogP contribution in [0.4, 0.5) is 10.1 Å². The quantitative estimate of drug-likeness (QED) is 0.764. The van der Waals surface area contributed by atoms with Crippen molar-refractivity contribution in [2.45, 2.75) is 33.3 Å². The second kappa shape index (κ2) is 7.08. The maximum Gasteiger partial charge on any atom is 0.265 e. The zero-order valence-electron chi connectivity index (χ0n) is 16.4. The van der Waals surface area contributed by atoms with Crippen molar-refractivity contribution in [2.75, 3.05) is 5.32 Å². The molecule has 0 saturated carbocycles. The Hall–Kier alpha value is -3.06. The van der Waals surface area contributed by atoms with Gasteiger partial charge in [0.15, 0.2) is 6.10 Å². The zero-order valence-corrected chi connectivity index (χ0v) is 17.2. The molecule has 3 heterocycles. The van der Waals surface area contributed by atoms with Crippen molar-refractivity contribution in [2.24, 2.45) is 10.2 Å². The molecule has 0 saturated heterocycles. The van der Waals surface area contributed by atoms with Crippen molar-refractivity contribution in [1.82, 2.24) is 0 Å². The minimum absolute atomic E-state index is 0.179. The van der Waals surface area contributed by atoms with Crippen LogP contribution in [0.1, 0.15) is 45.9 Å². The number of rotatable bonds is 3. The number of thiophene rings is 1. The van der Waals surface area contributed by atoms with Crippen LogP contribution in [0.15, 0.2) is 35.5 Å². The first-order valence-corrected chi connectivity index (χ1v) is 9.98. The summed E-state index contributed by atoms with van der Waals surface area (Å²) in [6.45, 7) is 12.7. The number of nitrogens with one attached hydrogen (secondary N) is 1. The molecule has 4 rings (SSSR count). The summed E-state index contributed by atoms with van der Waals surface area (Å²) in [6.07, 6.45) is 1.63. The third-order valence-electron chi connectivity index (χ3n) is 5.00. The van der Waals surface area contributed by atoms with E-state index in [0.29, 0.717) is 34.0 Å². The van der Waals surface area contributed by atoms with Crippen molar-refractivity contribution >= 4 is 46.3 Å². The number of benzene rings is 1. The summed E-state index contributed by atoms with van der Waals surface area (Å²) in [5.74, 6) is -0.100. The number of hydrogen-bond donors (Lipinski definition) is 1. The third kappa shape index (κ3) is 3.21. The Morgan fingerprint density at radius 2 is 2.14 bits per heavy atom. The highest BCUT2D eigenvalue weighted by Gasteiger charge is 2.29. The largest absolute Gasteiger partial charge is 0.479 e. The molecular formula is C22H20FN3O2S. The summed E-state index contributed by atoms with van der Waals surface area (Å²) in [5, 5.41) is 11.7. The predicted octanol–water partition coefficient (Wildman–Crippen LogP) is 5.13. The van der Waals surface area contributed by atoms with Gasteiger partial charge in [-0.3, -0.25) is 4.79 Å². The van der Waals surface area contributed by atoms with Gasteiger partial charge in [0.05, 0.1) is 10.6 Å². The topological polar surface area (TPSA) is 63.1 Å². The van der Waals surface area contributed by atoms with E-state index in [1.807, 2.05) is 26.0 Å². The van der Waals surface area contributed by atoms with Gasteiger partial charge in [0.1, 0.15) is 17.3 Å². The number of ether oxygens (including phenoxy) is 1. The van der Waals surface area contributed by atoms with Gasteiger partial charge < -0.3 is 10.1 Å². The van der Waals surface area contributed by atoms with Gasteiger partial charge in [0.2, 0.25) is 0 Å². The van der Waals surface area contributed by atoms with Crippen LogP contribution in [0.25, 0.3) is 11.9 Å². The fraction of sp³-hybridized carbons (Fsp3) is 0.227. The predicted molar refractivity (Wildman–Crippen MR) is 117 cm³/mol. The van der Waals surface area contributed by atoms with E-state index < -0.39 is 11.9 Å². The van der Waals surface area contributed by atoms with E-state index in [1.54, 1.807) is 13.0 Å². The van der Waals surface area contributed by atoms with E-state index in [4.69, 9.17) is 4.74 Å². The second-order valence-corrected chi connectivity index (χ2v) is 8.17. The molecule has 0 bridgehead atoms. The van der Waals surface area contributed by atoms with Crippen LogP contribution >= 0.6 is 11.3 Å². The molecule has 29 heavy (non-hydrogen) atoms. The fourth-order valence-electron chi connectivity index (χ4n) is 3.58. The van der Waals surface area contributed by atoms with Gasteiger partial charge in [0.25, 0.3) is 5.91 Å². The highest BCUT2D eigenvalue weighted by Crippen LogP contribution is 2.39. The van der Waals surface area contributed by atoms with Crippen molar-refractivity contribution in [1.29, 1.82) is 0 Å². The average Bonchev–Trinajstić information content (AvgIpc) is 2.91. The Bertz CT molecular complexity index is 1140. The van der Waals surface area contributed by atoms with Gasteiger partial charge in [0, 0.05) is 28.1 Å². The number of nitrogens with zero attached hydrogens (tertiary/aromatic N) is 2. The molecular weight excluding hydrogens is 389 g/mol. The number of amides is 1. The van der Waals surface area contributed by atoms with Crippen molar-refractivity contribution < 1.29 is 13.9 Å². The molecule has 5 nitrogen and oxygen atoms in total. The number of carbonyl (C=O) groups is 1. The molecule has 0 aliphatic carbocycles. The summed E-state index contributed by atoms with van der Waals surface area (Å²) >= 11 is 1.40. The Labute approximate surface area is 172 Å². The number of halogens is 1. The van der Waals surface area contributed by atoms with Crippen molar-refractivity contribution in [3.63, 3.8) is 0 Å². The monoisotopic (exact) mass is 409 g/mol. The molecule has 2 aliphatic heterocycles. The third-order valence-corrected chi connectivity index (χ3v) is 6.30. The van der Waals surface area contributed by atoms with Crippen molar-refractivity contribution in [3.8, 4) is 5.75 Å². The van der Waals surface area contributed by atoms with Crippen LogP contribution in [0.5, 0.6) is 5.75 Å². The van der Waals surface area contributed by atoms with E-state index in [-0.39, 0.29) is 5.91 Å². The molecule has 1 atom stereocenters. The minimum Gasteiger partial charge on any atom is -0.479 e. The lowest BCUT2D eigenvalue weighted by Crippen LogP contribution is -2.34. The zero-order chi connectivity index (χ0) is 20.9. The number of fused-ring (bicyclic) bond motifs is 2. The number of carbonyl (C=O) groups excluding carboxylic acids is 1. The lowest BCUT2D eigenvalue weighted by molar-refractivity contribution is -0.122. The van der Waals surface area contributed by atoms with Gasteiger partial charge in [-0.2, -0.15) is 5.10 Å².